The number of benzene rings is 1. The van der Waals surface area contributed by atoms with E-state index in [2.05, 4.69) is 22.9 Å². The molecule has 0 amide bonds. The van der Waals surface area contributed by atoms with Crippen LogP contribution in [-0.4, -0.2) is 19.3 Å². The van der Waals surface area contributed by atoms with E-state index in [0.717, 1.165) is 22.9 Å². The lowest BCUT2D eigenvalue weighted by Gasteiger charge is -2.31. The minimum atomic E-state index is -0.482. The van der Waals surface area contributed by atoms with Crippen LogP contribution in [0.1, 0.15) is 44.3 Å². The van der Waals surface area contributed by atoms with Gasteiger partial charge in [0.15, 0.2) is 11.5 Å². The summed E-state index contributed by atoms with van der Waals surface area (Å²) in [5.74, 6) is 1.32. The van der Waals surface area contributed by atoms with Gasteiger partial charge in [-0.1, -0.05) is 35.7 Å². The molecule has 4 heteroatoms. The first-order valence-corrected chi connectivity index (χ1v) is 7.40. The Labute approximate surface area is 123 Å². The molecule has 1 aliphatic rings. The summed E-state index contributed by atoms with van der Waals surface area (Å²) in [6, 6.07) is 3.73. The highest BCUT2D eigenvalue weighted by atomic mass is 79.9. The van der Waals surface area contributed by atoms with Crippen molar-refractivity contribution < 1.29 is 14.6 Å². The van der Waals surface area contributed by atoms with Gasteiger partial charge in [0.2, 0.25) is 0 Å². The fraction of sp³-hybridized carbons (Fsp3) is 0.600. The number of rotatable bonds is 4. The summed E-state index contributed by atoms with van der Waals surface area (Å²) in [5.41, 5.74) is 0.837. The first kappa shape index (κ1) is 14.7. The van der Waals surface area contributed by atoms with E-state index in [1.807, 2.05) is 12.1 Å². The third kappa shape index (κ3) is 2.75. The van der Waals surface area contributed by atoms with Crippen LogP contribution in [0.5, 0.6) is 11.5 Å². The zero-order valence-electron chi connectivity index (χ0n) is 11.7. The average molecular weight is 329 g/mol. The van der Waals surface area contributed by atoms with E-state index in [1.54, 1.807) is 14.2 Å². The number of aliphatic hydroxyl groups is 1. The van der Waals surface area contributed by atoms with E-state index in [9.17, 15) is 5.11 Å². The summed E-state index contributed by atoms with van der Waals surface area (Å²) in [7, 11) is 3.22. The van der Waals surface area contributed by atoms with Crippen LogP contribution in [0.3, 0.4) is 0 Å². The van der Waals surface area contributed by atoms with E-state index < -0.39 is 6.10 Å². The number of methoxy groups -OCH3 is 2. The minimum Gasteiger partial charge on any atom is -0.493 e. The van der Waals surface area contributed by atoms with Crippen molar-refractivity contribution in [2.75, 3.05) is 14.2 Å². The predicted octanol–water partition coefficient (Wildman–Crippen LogP) is 4.08. The molecule has 0 bridgehead atoms. The molecule has 0 spiro atoms. The van der Waals surface area contributed by atoms with Gasteiger partial charge in [-0.25, -0.2) is 0 Å². The Hall–Kier alpha value is -0.740. The standard InChI is InChI=1S/C15H21BrO3/c1-15(6-4-5-7-15)14(17)10-8-12(18-2)13(19-3)9-11(10)16/h8-9,14,17H,4-7H2,1-3H3. The molecule has 1 aromatic rings. The van der Waals surface area contributed by atoms with Gasteiger partial charge in [-0.15, -0.1) is 0 Å². The SMILES string of the molecule is COc1cc(Br)c(C(O)C2(C)CCCC2)cc1OC. The first-order chi connectivity index (χ1) is 9.01. The second kappa shape index (κ2) is 5.71. The third-order valence-corrected chi connectivity index (χ3v) is 4.89. The summed E-state index contributed by atoms with van der Waals surface area (Å²) < 4.78 is 11.5. The summed E-state index contributed by atoms with van der Waals surface area (Å²) >= 11 is 3.53. The van der Waals surface area contributed by atoms with Crippen LogP contribution in [0.25, 0.3) is 0 Å². The van der Waals surface area contributed by atoms with Crippen molar-refractivity contribution in [3.63, 3.8) is 0 Å². The van der Waals surface area contributed by atoms with E-state index in [0.29, 0.717) is 11.5 Å². The molecule has 1 aromatic carbocycles. The molecule has 0 saturated heterocycles. The molecule has 1 saturated carbocycles. The highest BCUT2D eigenvalue weighted by molar-refractivity contribution is 9.10. The van der Waals surface area contributed by atoms with Crippen molar-refractivity contribution in [2.45, 2.75) is 38.7 Å². The van der Waals surface area contributed by atoms with Gasteiger partial charge in [0.1, 0.15) is 0 Å². The lowest BCUT2D eigenvalue weighted by atomic mass is 9.79. The normalized spacial score (nSPS) is 19.2. The molecule has 0 aromatic heterocycles. The number of ether oxygens (including phenoxy) is 2. The highest BCUT2D eigenvalue weighted by Crippen LogP contribution is 2.49. The van der Waals surface area contributed by atoms with Gasteiger partial charge in [-0.05, 0) is 36.0 Å². The van der Waals surface area contributed by atoms with Crippen molar-refractivity contribution in [2.24, 2.45) is 5.41 Å². The molecule has 1 aliphatic carbocycles. The van der Waals surface area contributed by atoms with Crippen LogP contribution >= 0.6 is 15.9 Å². The zero-order chi connectivity index (χ0) is 14.0. The Bertz CT molecular complexity index is 453. The maximum Gasteiger partial charge on any atom is 0.161 e. The molecule has 1 unspecified atom stereocenters. The molecule has 0 radical (unpaired) electrons. The van der Waals surface area contributed by atoms with Crippen LogP contribution in [0.15, 0.2) is 16.6 Å². The zero-order valence-corrected chi connectivity index (χ0v) is 13.3. The number of aliphatic hydroxyl groups excluding tert-OH is 1. The molecule has 106 valence electrons. The van der Waals surface area contributed by atoms with Gasteiger partial charge in [-0.2, -0.15) is 0 Å². The second-order valence-electron chi connectivity index (χ2n) is 5.49. The van der Waals surface area contributed by atoms with Crippen LogP contribution < -0.4 is 9.47 Å². The summed E-state index contributed by atoms with van der Waals surface area (Å²) in [5, 5.41) is 10.7. The highest BCUT2D eigenvalue weighted by Gasteiger charge is 2.38. The van der Waals surface area contributed by atoms with Crippen molar-refractivity contribution in [1.29, 1.82) is 0 Å². The Morgan fingerprint density at radius 1 is 1.16 bits per heavy atom. The molecular weight excluding hydrogens is 308 g/mol. The Balaban J connectivity index is 2.38. The van der Waals surface area contributed by atoms with Crippen molar-refractivity contribution in [3.8, 4) is 11.5 Å². The van der Waals surface area contributed by atoms with Crippen molar-refractivity contribution in [1.82, 2.24) is 0 Å². The van der Waals surface area contributed by atoms with Gasteiger partial charge in [0, 0.05) is 4.47 Å². The molecule has 1 atom stereocenters. The largest absolute Gasteiger partial charge is 0.493 e. The van der Waals surface area contributed by atoms with E-state index in [4.69, 9.17) is 9.47 Å². The Morgan fingerprint density at radius 2 is 1.68 bits per heavy atom. The molecule has 3 nitrogen and oxygen atoms in total. The van der Waals surface area contributed by atoms with Gasteiger partial charge in [0.25, 0.3) is 0 Å². The van der Waals surface area contributed by atoms with Crippen molar-refractivity contribution >= 4 is 15.9 Å². The molecular formula is C15H21BrO3. The maximum absolute atomic E-state index is 10.7. The fourth-order valence-electron chi connectivity index (χ4n) is 2.91. The molecule has 2 rings (SSSR count). The fourth-order valence-corrected chi connectivity index (χ4v) is 3.45. The summed E-state index contributed by atoms with van der Waals surface area (Å²) in [6.07, 6.45) is 4.03. The van der Waals surface area contributed by atoms with Crippen molar-refractivity contribution in [3.05, 3.63) is 22.2 Å². The molecule has 1 N–H and O–H groups in total. The lowest BCUT2D eigenvalue weighted by Crippen LogP contribution is -2.22. The van der Waals surface area contributed by atoms with Gasteiger partial charge in [-0.3, -0.25) is 0 Å². The Kier molecular flexibility index (Phi) is 4.41. The van der Waals surface area contributed by atoms with Crippen LogP contribution in [0.2, 0.25) is 0 Å². The summed E-state index contributed by atoms with van der Waals surface area (Å²) in [4.78, 5) is 0. The van der Waals surface area contributed by atoms with Crippen LogP contribution in [0.4, 0.5) is 0 Å². The lowest BCUT2D eigenvalue weighted by molar-refractivity contribution is 0.0400. The number of hydrogen-bond donors (Lipinski definition) is 1. The van der Waals surface area contributed by atoms with E-state index in [-0.39, 0.29) is 5.41 Å². The first-order valence-electron chi connectivity index (χ1n) is 6.61. The van der Waals surface area contributed by atoms with Crippen LogP contribution in [0, 0.1) is 5.41 Å². The quantitative estimate of drug-likeness (QED) is 0.905. The molecule has 0 heterocycles. The molecule has 1 fully saturated rings. The smallest absolute Gasteiger partial charge is 0.161 e. The van der Waals surface area contributed by atoms with E-state index in [1.165, 1.54) is 12.8 Å². The van der Waals surface area contributed by atoms with Gasteiger partial charge < -0.3 is 14.6 Å². The maximum atomic E-state index is 10.7. The van der Waals surface area contributed by atoms with Crippen LogP contribution in [-0.2, 0) is 0 Å². The topological polar surface area (TPSA) is 38.7 Å². The second-order valence-corrected chi connectivity index (χ2v) is 6.35. The average Bonchev–Trinajstić information content (AvgIpc) is 2.85. The third-order valence-electron chi connectivity index (χ3n) is 4.20. The van der Waals surface area contributed by atoms with Gasteiger partial charge >= 0.3 is 0 Å². The molecule has 19 heavy (non-hydrogen) atoms. The number of hydrogen-bond acceptors (Lipinski definition) is 3. The van der Waals surface area contributed by atoms with Gasteiger partial charge in [0.05, 0.1) is 20.3 Å². The minimum absolute atomic E-state index is 0.0396. The summed E-state index contributed by atoms with van der Waals surface area (Å²) in [6.45, 7) is 2.16. The monoisotopic (exact) mass is 328 g/mol. The predicted molar refractivity (Wildman–Crippen MR) is 78.8 cm³/mol. The molecule has 0 aliphatic heterocycles. The Morgan fingerprint density at radius 3 is 2.21 bits per heavy atom. The number of halogens is 1. The van der Waals surface area contributed by atoms with E-state index >= 15 is 0 Å².